The first-order valence-electron chi connectivity index (χ1n) is 5.28. The van der Waals surface area contributed by atoms with Crippen LogP contribution in [-0.2, 0) is 18.9 Å². The molecule has 1 aromatic carbocycles. The molecule has 0 aromatic heterocycles. The molecule has 1 rings (SSSR count). The minimum atomic E-state index is -3.82. The van der Waals surface area contributed by atoms with Crippen molar-refractivity contribution in [1.29, 1.82) is 0 Å². The summed E-state index contributed by atoms with van der Waals surface area (Å²) in [5.74, 6) is 0. The molecule has 0 atom stereocenters. The second-order valence-corrected chi connectivity index (χ2v) is 6.94. The quantitative estimate of drug-likeness (QED) is 0.464. The molecule has 0 spiro atoms. The van der Waals surface area contributed by atoms with Gasteiger partial charge in [-0.2, -0.15) is 9.05 Å². The van der Waals surface area contributed by atoms with Gasteiger partial charge in [-0.3, -0.25) is 10.1 Å². The first-order valence-corrected chi connectivity index (χ1v) is 8.14. The highest BCUT2D eigenvalue weighted by atomic mass is 32.2. The minimum absolute atomic E-state index is 0.0373. The van der Waals surface area contributed by atoms with E-state index in [0.29, 0.717) is 17.3 Å². The highest BCUT2D eigenvalue weighted by Gasteiger charge is 2.15. The molecule has 0 aliphatic heterocycles. The Morgan fingerprint density at radius 3 is 2.25 bits per heavy atom. The van der Waals surface area contributed by atoms with Crippen LogP contribution >= 0.6 is 8.53 Å². The molecular weight excluding hydrogens is 307 g/mol. The molecule has 0 unspecified atom stereocenters. The number of anilines is 1. The van der Waals surface area contributed by atoms with Crippen LogP contribution in [-0.4, -0.2) is 27.6 Å². The third kappa shape index (κ3) is 4.86. The van der Waals surface area contributed by atoms with Crippen LogP contribution in [0.25, 0.3) is 0 Å². The summed E-state index contributed by atoms with van der Waals surface area (Å²) in [6, 6.07) is 5.73. The molecule has 1 N–H and O–H groups in total. The van der Waals surface area contributed by atoms with Crippen LogP contribution in [0.2, 0.25) is 0 Å². The normalized spacial score (nSPS) is 11.9. The Kier molecular flexibility index (Phi) is 6.03. The van der Waals surface area contributed by atoms with Crippen molar-refractivity contribution in [3.63, 3.8) is 0 Å². The third-order valence-electron chi connectivity index (χ3n) is 2.16. The van der Waals surface area contributed by atoms with Crippen molar-refractivity contribution in [3.8, 4) is 0 Å². The topological polar surface area (TPSA) is 108 Å². The van der Waals surface area contributed by atoms with Gasteiger partial charge in [-0.1, -0.05) is 0 Å². The van der Waals surface area contributed by atoms with Gasteiger partial charge in [0.15, 0.2) is 0 Å². The summed E-state index contributed by atoms with van der Waals surface area (Å²) in [7, 11) is -2.48. The number of sulfone groups is 1. The van der Waals surface area contributed by atoms with E-state index in [1.165, 1.54) is 38.5 Å². The maximum atomic E-state index is 11.7. The van der Waals surface area contributed by atoms with Crippen molar-refractivity contribution < 1.29 is 22.4 Å². The third-order valence-corrected chi connectivity index (χ3v) is 4.81. The van der Waals surface area contributed by atoms with Gasteiger partial charge in [0.05, 0.1) is 29.7 Å². The number of rotatable bonds is 7. The fourth-order valence-corrected chi connectivity index (χ4v) is 2.94. The Morgan fingerprint density at radius 1 is 1.25 bits per heavy atom. The summed E-state index contributed by atoms with van der Waals surface area (Å²) >= 11 is 0. The van der Waals surface area contributed by atoms with Gasteiger partial charge in [0, 0.05) is 0 Å². The molecule has 0 saturated heterocycles. The van der Waals surface area contributed by atoms with Gasteiger partial charge in [-0.25, -0.2) is 13.5 Å². The number of nitrogens with one attached hydrogen (secondary N) is 1. The molecule has 8 nitrogen and oxygen atoms in total. The number of hydrogen-bond donors (Lipinski definition) is 1. The highest BCUT2D eigenvalue weighted by molar-refractivity contribution is 7.94. The number of benzene rings is 1. The van der Waals surface area contributed by atoms with Crippen LogP contribution in [0.3, 0.4) is 0 Å². The second kappa shape index (κ2) is 7.30. The molecule has 20 heavy (non-hydrogen) atoms. The molecule has 0 fully saturated rings. The van der Waals surface area contributed by atoms with Gasteiger partial charge < -0.3 is 0 Å². The lowest BCUT2D eigenvalue weighted by molar-refractivity contribution is -0.402. The van der Waals surface area contributed by atoms with E-state index >= 15 is 0 Å². The van der Waals surface area contributed by atoms with Crippen molar-refractivity contribution in [2.45, 2.75) is 4.90 Å². The maximum absolute atomic E-state index is 11.7. The zero-order valence-electron chi connectivity index (χ0n) is 10.8. The van der Waals surface area contributed by atoms with Crippen molar-refractivity contribution in [2.24, 2.45) is 0 Å². The Hall–Kier alpha value is -1.54. The summed E-state index contributed by atoms with van der Waals surface area (Å²) < 4.78 is 33.5. The molecule has 0 aliphatic rings. The van der Waals surface area contributed by atoms with E-state index in [0.717, 1.165) is 0 Å². The molecule has 110 valence electrons. The molecule has 0 bridgehead atoms. The Morgan fingerprint density at radius 2 is 1.80 bits per heavy atom. The van der Waals surface area contributed by atoms with E-state index in [1.807, 2.05) is 0 Å². The second-order valence-electron chi connectivity index (χ2n) is 3.46. The van der Waals surface area contributed by atoms with E-state index in [-0.39, 0.29) is 4.90 Å². The lowest BCUT2D eigenvalue weighted by Gasteiger charge is -2.06. The highest BCUT2D eigenvalue weighted by Crippen LogP contribution is 2.36. The standard InChI is InChI=1S/C10H13N2O6PS/c1-17-19(18-2)11-9-3-5-10(6-4-9)20(15,16)8-7-12(13)14/h3-8,11H,1-2H3/p+1. The molecule has 0 saturated carbocycles. The molecule has 0 amide bonds. The summed E-state index contributed by atoms with van der Waals surface area (Å²) in [5.41, 5.74) is 0.625. The summed E-state index contributed by atoms with van der Waals surface area (Å²) in [4.78, 5) is 9.27. The fourth-order valence-electron chi connectivity index (χ4n) is 1.24. The van der Waals surface area contributed by atoms with Crippen molar-refractivity contribution in [3.05, 3.63) is 46.0 Å². The van der Waals surface area contributed by atoms with E-state index in [4.69, 9.17) is 9.05 Å². The zero-order valence-corrected chi connectivity index (χ0v) is 12.6. The van der Waals surface area contributed by atoms with Crippen LogP contribution in [0.15, 0.2) is 40.8 Å². The fraction of sp³-hybridized carbons (Fsp3) is 0.200. The van der Waals surface area contributed by atoms with Gasteiger partial charge in [-0.15, -0.1) is 0 Å². The van der Waals surface area contributed by atoms with Crippen LogP contribution in [0.1, 0.15) is 0 Å². The molecule has 0 radical (unpaired) electrons. The number of hydrogen-bond acceptors (Lipinski definition) is 7. The van der Waals surface area contributed by atoms with Crippen LogP contribution < -0.4 is 5.09 Å². The number of nitro groups is 1. The molecule has 10 heteroatoms. The average molecular weight is 321 g/mol. The predicted octanol–water partition coefficient (Wildman–Crippen LogP) is 1.87. The summed E-state index contributed by atoms with van der Waals surface area (Å²) in [5, 5.41) is 13.6. The van der Waals surface area contributed by atoms with Crippen molar-refractivity contribution in [2.75, 3.05) is 19.3 Å². The zero-order chi connectivity index (χ0) is 15.2. The largest absolute Gasteiger partial charge is 0.355 e. The number of nitrogens with zero attached hydrogens (tertiary/aromatic N) is 1. The van der Waals surface area contributed by atoms with E-state index in [2.05, 4.69) is 5.09 Å². The first-order chi connectivity index (χ1) is 9.39. The Labute approximate surface area is 117 Å². The van der Waals surface area contributed by atoms with E-state index < -0.39 is 23.3 Å². The maximum Gasteiger partial charge on any atom is 0.355 e. The van der Waals surface area contributed by atoms with Crippen LogP contribution in [0, 0.1) is 10.1 Å². The summed E-state index contributed by atoms with van der Waals surface area (Å²) in [6.45, 7) is 0. The van der Waals surface area contributed by atoms with E-state index in [1.54, 1.807) is 0 Å². The SMILES string of the molecule is CO[PH+](Nc1ccc(S(=O)(=O)C=C[N+](=O)[O-])cc1)OC. The smallest absolute Gasteiger partial charge is 0.259 e. The van der Waals surface area contributed by atoms with Crippen molar-refractivity contribution in [1.82, 2.24) is 0 Å². The molecule has 0 heterocycles. The lowest BCUT2D eigenvalue weighted by Crippen LogP contribution is -1.99. The van der Waals surface area contributed by atoms with E-state index in [9.17, 15) is 18.5 Å². The average Bonchev–Trinajstić information content (AvgIpc) is 2.43. The molecular formula is C10H14N2O6PS+. The summed E-state index contributed by atoms with van der Waals surface area (Å²) in [6.07, 6.45) is 0.387. The first kappa shape index (κ1) is 16.5. The molecule has 1 aromatic rings. The monoisotopic (exact) mass is 321 g/mol. The van der Waals surface area contributed by atoms with Gasteiger partial charge in [0.1, 0.15) is 5.41 Å². The van der Waals surface area contributed by atoms with Crippen LogP contribution in [0.4, 0.5) is 5.69 Å². The van der Waals surface area contributed by atoms with Gasteiger partial charge in [-0.05, 0) is 24.3 Å². The van der Waals surface area contributed by atoms with Gasteiger partial charge in [0.25, 0.3) is 0 Å². The Balaban J connectivity index is 2.88. The predicted molar refractivity (Wildman–Crippen MR) is 75.7 cm³/mol. The van der Waals surface area contributed by atoms with Crippen molar-refractivity contribution >= 4 is 24.1 Å². The molecule has 0 aliphatic carbocycles. The minimum Gasteiger partial charge on any atom is -0.259 e. The lowest BCUT2D eigenvalue weighted by atomic mass is 10.3. The van der Waals surface area contributed by atoms with Crippen LogP contribution in [0.5, 0.6) is 0 Å². The Bertz CT molecular complexity index is 582. The van der Waals surface area contributed by atoms with Gasteiger partial charge >= 0.3 is 8.53 Å². The van der Waals surface area contributed by atoms with Gasteiger partial charge in [0.2, 0.25) is 16.0 Å².